The molecule has 0 radical (unpaired) electrons. The quantitative estimate of drug-likeness (QED) is 0.251. The Morgan fingerprint density at radius 2 is 1.72 bits per heavy atom. The molecule has 1 atom stereocenters. The SMILES string of the molecule is O=C1Nc2ccc([N+](=O)[O-])cc2C1=C(Nc1ccc(C(C(=O)O)N2CCCC2)cc1)c1ccccc1. The predicted molar refractivity (Wildman–Crippen MR) is 136 cm³/mol. The van der Waals surface area contributed by atoms with Gasteiger partial charge in [-0.15, -0.1) is 0 Å². The third-order valence-electron chi connectivity index (χ3n) is 6.51. The summed E-state index contributed by atoms with van der Waals surface area (Å²) in [5, 5.41) is 27.3. The molecule has 0 bridgehead atoms. The van der Waals surface area contributed by atoms with Crippen LogP contribution in [-0.2, 0) is 9.59 Å². The Morgan fingerprint density at radius 3 is 2.36 bits per heavy atom. The van der Waals surface area contributed by atoms with E-state index in [-0.39, 0.29) is 11.6 Å². The first kappa shape index (κ1) is 23.3. The maximum Gasteiger partial charge on any atom is 0.325 e. The van der Waals surface area contributed by atoms with Crippen molar-refractivity contribution >= 4 is 40.2 Å². The maximum absolute atomic E-state index is 13.0. The zero-order chi connectivity index (χ0) is 25.2. The summed E-state index contributed by atoms with van der Waals surface area (Å²) < 4.78 is 0. The first-order valence-corrected chi connectivity index (χ1v) is 11.7. The molecule has 1 amide bonds. The third kappa shape index (κ3) is 4.44. The highest BCUT2D eigenvalue weighted by atomic mass is 16.6. The number of nitro benzene ring substituents is 1. The number of rotatable bonds is 7. The number of fused-ring (bicyclic) bond motifs is 1. The molecule has 0 saturated carbocycles. The van der Waals surface area contributed by atoms with Crippen LogP contribution in [0.15, 0.2) is 72.8 Å². The molecule has 9 nitrogen and oxygen atoms in total. The highest BCUT2D eigenvalue weighted by Gasteiger charge is 2.31. The zero-order valence-electron chi connectivity index (χ0n) is 19.3. The molecule has 0 aromatic heterocycles. The number of nitrogens with one attached hydrogen (secondary N) is 2. The van der Waals surface area contributed by atoms with Crippen LogP contribution in [0.3, 0.4) is 0 Å². The number of benzene rings is 3. The van der Waals surface area contributed by atoms with Gasteiger partial charge >= 0.3 is 5.97 Å². The van der Waals surface area contributed by atoms with Crippen LogP contribution in [0, 0.1) is 10.1 Å². The minimum Gasteiger partial charge on any atom is -0.480 e. The second-order valence-electron chi connectivity index (χ2n) is 8.79. The van der Waals surface area contributed by atoms with E-state index in [0.717, 1.165) is 31.5 Å². The molecule has 3 aromatic rings. The minimum atomic E-state index is -0.884. The van der Waals surface area contributed by atoms with E-state index >= 15 is 0 Å². The van der Waals surface area contributed by atoms with E-state index in [0.29, 0.717) is 33.8 Å². The summed E-state index contributed by atoms with van der Waals surface area (Å²) in [6.45, 7) is 1.50. The van der Waals surface area contributed by atoms with Crippen LogP contribution < -0.4 is 10.6 Å². The number of non-ortho nitro benzene ring substituents is 1. The molecular weight excluding hydrogens is 460 g/mol. The average molecular weight is 485 g/mol. The van der Waals surface area contributed by atoms with Gasteiger partial charge in [-0.1, -0.05) is 42.5 Å². The summed E-state index contributed by atoms with van der Waals surface area (Å²) in [7, 11) is 0. The van der Waals surface area contributed by atoms with Gasteiger partial charge in [-0.05, 0) is 55.3 Å². The number of amides is 1. The summed E-state index contributed by atoms with van der Waals surface area (Å²) in [5.74, 6) is -1.25. The van der Waals surface area contributed by atoms with Crippen LogP contribution in [-0.4, -0.2) is 39.9 Å². The largest absolute Gasteiger partial charge is 0.480 e. The highest BCUT2D eigenvalue weighted by Crippen LogP contribution is 2.39. The van der Waals surface area contributed by atoms with Crippen LogP contribution in [0.25, 0.3) is 11.3 Å². The predicted octanol–water partition coefficient (Wildman–Crippen LogP) is 4.75. The number of nitrogens with zero attached hydrogens (tertiary/aromatic N) is 2. The standard InChI is InChI=1S/C27H24N4O5/c32-26-23(21-16-20(31(35)36)12-13-22(21)29-26)24(17-6-2-1-3-7-17)28-19-10-8-18(9-11-19)25(27(33)34)30-14-4-5-15-30/h1-3,6-13,16,25,28H,4-5,14-15H2,(H,29,32)(H,33,34). The Bertz CT molecular complexity index is 1360. The Morgan fingerprint density at radius 1 is 1.03 bits per heavy atom. The van der Waals surface area contributed by atoms with Crippen molar-refractivity contribution in [1.82, 2.24) is 4.90 Å². The molecule has 5 rings (SSSR count). The van der Waals surface area contributed by atoms with Crippen molar-refractivity contribution < 1.29 is 19.6 Å². The molecule has 2 aliphatic rings. The Kier molecular flexibility index (Phi) is 6.22. The van der Waals surface area contributed by atoms with Gasteiger partial charge in [0.05, 0.1) is 16.2 Å². The number of anilines is 2. The molecule has 36 heavy (non-hydrogen) atoms. The van der Waals surface area contributed by atoms with Gasteiger partial charge in [-0.2, -0.15) is 0 Å². The van der Waals surface area contributed by atoms with Crippen molar-refractivity contribution in [3.63, 3.8) is 0 Å². The van der Waals surface area contributed by atoms with E-state index in [1.54, 1.807) is 24.3 Å². The fourth-order valence-electron chi connectivity index (χ4n) is 4.80. The number of nitro groups is 1. The lowest BCUT2D eigenvalue weighted by molar-refractivity contribution is -0.384. The topological polar surface area (TPSA) is 125 Å². The van der Waals surface area contributed by atoms with Crippen molar-refractivity contribution in [3.05, 3.63) is 99.6 Å². The van der Waals surface area contributed by atoms with Crippen LogP contribution >= 0.6 is 0 Å². The van der Waals surface area contributed by atoms with Crippen LogP contribution in [0.5, 0.6) is 0 Å². The molecule has 0 aliphatic carbocycles. The summed E-state index contributed by atoms with van der Waals surface area (Å²) in [6, 6.07) is 19.9. The lowest BCUT2D eigenvalue weighted by atomic mass is 9.99. The molecule has 2 aliphatic heterocycles. The number of likely N-dealkylation sites (tertiary alicyclic amines) is 1. The first-order chi connectivity index (χ1) is 17.4. The van der Waals surface area contributed by atoms with Gasteiger partial charge < -0.3 is 15.7 Å². The van der Waals surface area contributed by atoms with Crippen molar-refractivity contribution in [2.75, 3.05) is 23.7 Å². The fraction of sp³-hybridized carbons (Fsp3) is 0.185. The first-order valence-electron chi connectivity index (χ1n) is 11.7. The smallest absolute Gasteiger partial charge is 0.325 e. The highest BCUT2D eigenvalue weighted by molar-refractivity contribution is 6.37. The summed E-state index contributed by atoms with van der Waals surface area (Å²) in [4.78, 5) is 37.9. The van der Waals surface area contributed by atoms with E-state index in [1.165, 1.54) is 18.2 Å². The van der Waals surface area contributed by atoms with Crippen molar-refractivity contribution in [2.24, 2.45) is 0 Å². The molecule has 3 aromatic carbocycles. The van der Waals surface area contributed by atoms with E-state index in [4.69, 9.17) is 0 Å². The van der Waals surface area contributed by atoms with Crippen LogP contribution in [0.4, 0.5) is 17.1 Å². The van der Waals surface area contributed by atoms with Gasteiger partial charge in [0.15, 0.2) is 0 Å². The number of carboxylic acid groups (broad SMARTS) is 1. The molecule has 1 unspecified atom stereocenters. The lowest BCUT2D eigenvalue weighted by Gasteiger charge is -2.24. The molecular formula is C27H24N4O5. The van der Waals surface area contributed by atoms with Crippen molar-refractivity contribution in [3.8, 4) is 0 Å². The van der Waals surface area contributed by atoms with Crippen LogP contribution in [0.1, 0.15) is 35.6 Å². The summed E-state index contributed by atoms with van der Waals surface area (Å²) in [5.41, 5.74) is 3.69. The number of hydrogen-bond acceptors (Lipinski definition) is 6. The van der Waals surface area contributed by atoms with Gasteiger partial charge in [0.25, 0.3) is 11.6 Å². The second-order valence-corrected chi connectivity index (χ2v) is 8.79. The summed E-state index contributed by atoms with van der Waals surface area (Å²) in [6.07, 6.45) is 1.97. The summed E-state index contributed by atoms with van der Waals surface area (Å²) >= 11 is 0. The Hall–Kier alpha value is -4.50. The Balaban J connectivity index is 1.55. The molecule has 1 fully saturated rings. The number of carbonyl (C=O) groups is 2. The van der Waals surface area contributed by atoms with E-state index in [9.17, 15) is 24.8 Å². The van der Waals surface area contributed by atoms with Crippen molar-refractivity contribution in [2.45, 2.75) is 18.9 Å². The Labute approximate surface area is 207 Å². The number of hydrogen-bond donors (Lipinski definition) is 3. The van der Waals surface area contributed by atoms with E-state index < -0.39 is 16.9 Å². The molecule has 182 valence electrons. The number of aliphatic carboxylic acids is 1. The van der Waals surface area contributed by atoms with Gasteiger partial charge in [-0.25, -0.2) is 0 Å². The molecule has 3 N–H and O–H groups in total. The lowest BCUT2D eigenvalue weighted by Crippen LogP contribution is -2.31. The van der Waals surface area contributed by atoms with E-state index in [2.05, 4.69) is 10.6 Å². The zero-order valence-corrected chi connectivity index (χ0v) is 19.3. The van der Waals surface area contributed by atoms with Crippen LogP contribution in [0.2, 0.25) is 0 Å². The number of carboxylic acids is 1. The average Bonchev–Trinajstić information content (AvgIpc) is 3.51. The van der Waals surface area contributed by atoms with Gasteiger partial charge in [0.2, 0.25) is 0 Å². The van der Waals surface area contributed by atoms with Gasteiger partial charge in [0, 0.05) is 29.1 Å². The molecule has 9 heteroatoms. The van der Waals surface area contributed by atoms with Gasteiger partial charge in [-0.3, -0.25) is 24.6 Å². The van der Waals surface area contributed by atoms with Gasteiger partial charge in [0.1, 0.15) is 6.04 Å². The number of carbonyl (C=O) groups excluding carboxylic acids is 1. The van der Waals surface area contributed by atoms with E-state index in [1.807, 2.05) is 35.2 Å². The monoisotopic (exact) mass is 484 g/mol. The fourth-order valence-corrected chi connectivity index (χ4v) is 4.80. The molecule has 1 saturated heterocycles. The molecule has 2 heterocycles. The maximum atomic E-state index is 13.0. The minimum absolute atomic E-state index is 0.110. The normalized spacial score (nSPS) is 17.3. The second kappa shape index (κ2) is 9.63. The van der Waals surface area contributed by atoms with Crippen molar-refractivity contribution in [1.29, 1.82) is 0 Å². The third-order valence-corrected chi connectivity index (χ3v) is 6.51. The molecule has 0 spiro atoms.